The van der Waals surface area contributed by atoms with Gasteiger partial charge in [-0.05, 0) is 54.5 Å². The van der Waals surface area contributed by atoms with Gasteiger partial charge in [0.25, 0.3) is 0 Å². The maximum absolute atomic E-state index is 10.8. The summed E-state index contributed by atoms with van der Waals surface area (Å²) in [4.78, 5) is 0. The van der Waals surface area contributed by atoms with E-state index in [9.17, 15) is 5.11 Å². The van der Waals surface area contributed by atoms with E-state index in [-0.39, 0.29) is 5.16 Å². The lowest BCUT2D eigenvalue weighted by Crippen LogP contribution is -2.22. The highest BCUT2D eigenvalue weighted by Gasteiger charge is 2.30. The fraction of sp³-hybridized carbons (Fsp3) is 0.308. The molecule has 0 heterocycles. The highest BCUT2D eigenvalue weighted by Crippen LogP contribution is 2.49. The van der Waals surface area contributed by atoms with Crippen LogP contribution in [0.25, 0.3) is 11.1 Å². The molecular weight excluding hydrogens is 373 g/mol. The lowest BCUT2D eigenvalue weighted by molar-refractivity contribution is 0.453. The van der Waals surface area contributed by atoms with Gasteiger partial charge < -0.3 is 10.4 Å². The first-order valence-electron chi connectivity index (χ1n) is 10.4. The van der Waals surface area contributed by atoms with Crippen molar-refractivity contribution in [2.45, 2.75) is 45.3 Å². The summed E-state index contributed by atoms with van der Waals surface area (Å²) in [5, 5.41) is 15.4. The first-order valence-corrected chi connectivity index (χ1v) is 11.4. The SMILES string of the molecule is CCCC(C)(Pc1ccc(C)cc1CNC)c1cc(-c2ccccc2)ccc1O. The van der Waals surface area contributed by atoms with E-state index in [2.05, 4.69) is 74.6 Å². The Hall–Kier alpha value is -2.15. The van der Waals surface area contributed by atoms with Crippen molar-refractivity contribution in [3.63, 3.8) is 0 Å². The van der Waals surface area contributed by atoms with Gasteiger partial charge >= 0.3 is 0 Å². The highest BCUT2D eigenvalue weighted by molar-refractivity contribution is 7.48. The van der Waals surface area contributed by atoms with Crippen LogP contribution in [0.3, 0.4) is 0 Å². The zero-order valence-corrected chi connectivity index (χ0v) is 18.9. The lowest BCUT2D eigenvalue weighted by Gasteiger charge is -2.32. The molecule has 3 rings (SSSR count). The van der Waals surface area contributed by atoms with E-state index in [1.165, 1.54) is 22.0 Å². The summed E-state index contributed by atoms with van der Waals surface area (Å²) in [7, 11) is 2.58. The van der Waals surface area contributed by atoms with Crippen LogP contribution in [-0.4, -0.2) is 12.2 Å². The topological polar surface area (TPSA) is 32.3 Å². The van der Waals surface area contributed by atoms with E-state index >= 15 is 0 Å². The minimum Gasteiger partial charge on any atom is -0.508 e. The molecule has 0 aliphatic heterocycles. The standard InChI is InChI=1S/C26H32NOP/c1-5-15-26(3,29-25-14-11-19(2)16-22(25)18-27-4)23-17-21(12-13-24(23)28)20-9-7-6-8-10-20/h6-14,16-17,27-29H,5,15,18H2,1-4H3. The van der Waals surface area contributed by atoms with Crippen molar-refractivity contribution in [2.24, 2.45) is 0 Å². The van der Waals surface area contributed by atoms with E-state index in [1.54, 1.807) is 0 Å². The van der Waals surface area contributed by atoms with E-state index in [0.29, 0.717) is 14.3 Å². The maximum atomic E-state index is 10.8. The predicted molar refractivity (Wildman–Crippen MR) is 128 cm³/mol. The van der Waals surface area contributed by atoms with Crippen LogP contribution in [0.1, 0.15) is 43.4 Å². The van der Waals surface area contributed by atoms with Gasteiger partial charge in [-0.25, -0.2) is 0 Å². The molecule has 0 saturated carbocycles. The molecule has 152 valence electrons. The molecule has 0 bridgehead atoms. The van der Waals surface area contributed by atoms with Crippen LogP contribution in [0.4, 0.5) is 0 Å². The van der Waals surface area contributed by atoms with Gasteiger partial charge in [-0.2, -0.15) is 0 Å². The van der Waals surface area contributed by atoms with Gasteiger partial charge in [0.2, 0.25) is 0 Å². The Morgan fingerprint density at radius 2 is 1.72 bits per heavy atom. The summed E-state index contributed by atoms with van der Waals surface area (Å²) in [6.45, 7) is 7.54. The largest absolute Gasteiger partial charge is 0.508 e. The molecule has 29 heavy (non-hydrogen) atoms. The summed E-state index contributed by atoms with van der Waals surface area (Å²) in [6, 6.07) is 23.2. The molecule has 2 unspecified atom stereocenters. The van der Waals surface area contributed by atoms with E-state index in [1.807, 2.05) is 25.2 Å². The number of aryl methyl sites for hydroxylation is 1. The van der Waals surface area contributed by atoms with Crippen molar-refractivity contribution >= 4 is 13.9 Å². The Morgan fingerprint density at radius 1 is 0.966 bits per heavy atom. The van der Waals surface area contributed by atoms with Crippen LogP contribution in [0.5, 0.6) is 5.75 Å². The smallest absolute Gasteiger partial charge is 0.119 e. The van der Waals surface area contributed by atoms with E-state index in [0.717, 1.165) is 30.5 Å². The normalized spacial score (nSPS) is 13.7. The second-order valence-electron chi connectivity index (χ2n) is 8.00. The molecule has 2 atom stereocenters. The molecule has 2 N–H and O–H groups in total. The van der Waals surface area contributed by atoms with Gasteiger partial charge in [-0.1, -0.05) is 89.0 Å². The second-order valence-corrected chi connectivity index (χ2v) is 9.89. The minimum atomic E-state index is -0.110. The average Bonchev–Trinajstić information content (AvgIpc) is 2.71. The molecule has 3 aromatic carbocycles. The van der Waals surface area contributed by atoms with Crippen LogP contribution in [0, 0.1) is 6.92 Å². The van der Waals surface area contributed by atoms with Crippen molar-refractivity contribution in [2.75, 3.05) is 7.05 Å². The van der Waals surface area contributed by atoms with Crippen LogP contribution in [-0.2, 0) is 11.7 Å². The fourth-order valence-electron chi connectivity index (χ4n) is 4.03. The van der Waals surface area contributed by atoms with E-state index < -0.39 is 0 Å². The Kier molecular flexibility index (Phi) is 7.11. The molecule has 2 nitrogen and oxygen atoms in total. The Morgan fingerprint density at radius 3 is 2.41 bits per heavy atom. The number of benzene rings is 3. The third kappa shape index (κ3) is 5.07. The van der Waals surface area contributed by atoms with Gasteiger partial charge in [0.05, 0.1) is 0 Å². The first-order chi connectivity index (χ1) is 14.0. The lowest BCUT2D eigenvalue weighted by atomic mass is 9.91. The number of phenolic OH excluding ortho intramolecular Hbond substituents is 1. The van der Waals surface area contributed by atoms with Crippen molar-refractivity contribution in [1.29, 1.82) is 0 Å². The number of nitrogens with one attached hydrogen (secondary N) is 1. The summed E-state index contributed by atoms with van der Waals surface area (Å²) in [5.41, 5.74) is 6.03. The molecular formula is C26H32NOP. The van der Waals surface area contributed by atoms with Crippen LogP contribution in [0.15, 0.2) is 66.7 Å². The molecule has 0 aromatic heterocycles. The Labute approximate surface area is 177 Å². The molecule has 0 radical (unpaired) electrons. The summed E-state index contributed by atoms with van der Waals surface area (Å²) in [6.07, 6.45) is 2.11. The van der Waals surface area contributed by atoms with Crippen molar-refractivity contribution in [3.05, 3.63) is 83.4 Å². The summed E-state index contributed by atoms with van der Waals surface area (Å²) >= 11 is 0. The summed E-state index contributed by atoms with van der Waals surface area (Å²) < 4.78 is 0. The zero-order valence-electron chi connectivity index (χ0n) is 17.9. The number of phenols is 1. The molecule has 0 amide bonds. The van der Waals surface area contributed by atoms with Gasteiger partial charge in [-0.3, -0.25) is 0 Å². The third-order valence-electron chi connectivity index (χ3n) is 5.49. The molecule has 0 saturated heterocycles. The van der Waals surface area contributed by atoms with Gasteiger partial charge in [-0.15, -0.1) is 0 Å². The van der Waals surface area contributed by atoms with Crippen molar-refractivity contribution < 1.29 is 5.11 Å². The van der Waals surface area contributed by atoms with Crippen LogP contribution in [0.2, 0.25) is 0 Å². The monoisotopic (exact) mass is 405 g/mol. The maximum Gasteiger partial charge on any atom is 0.119 e. The number of aromatic hydroxyl groups is 1. The van der Waals surface area contributed by atoms with Gasteiger partial charge in [0, 0.05) is 17.3 Å². The average molecular weight is 406 g/mol. The molecule has 3 heteroatoms. The number of rotatable bonds is 8. The molecule has 0 aliphatic rings. The number of hydrogen-bond acceptors (Lipinski definition) is 2. The van der Waals surface area contributed by atoms with Crippen molar-refractivity contribution in [3.8, 4) is 16.9 Å². The second kappa shape index (κ2) is 9.57. The molecule has 3 aromatic rings. The van der Waals surface area contributed by atoms with E-state index in [4.69, 9.17) is 0 Å². The fourth-order valence-corrected chi connectivity index (χ4v) is 5.82. The molecule has 0 fully saturated rings. The van der Waals surface area contributed by atoms with Gasteiger partial charge in [0.1, 0.15) is 5.75 Å². The third-order valence-corrected chi connectivity index (χ3v) is 7.31. The van der Waals surface area contributed by atoms with Crippen molar-refractivity contribution in [1.82, 2.24) is 5.32 Å². The summed E-state index contributed by atoms with van der Waals surface area (Å²) in [5.74, 6) is 0.399. The molecule has 0 aliphatic carbocycles. The quantitative estimate of drug-likeness (QED) is 0.443. The van der Waals surface area contributed by atoms with Gasteiger partial charge in [0.15, 0.2) is 0 Å². The first kappa shape index (κ1) is 21.6. The zero-order chi connectivity index (χ0) is 20.9. The predicted octanol–water partition coefficient (Wildman–Crippen LogP) is 6.11. The van der Waals surface area contributed by atoms with Crippen LogP contribution >= 0.6 is 8.58 Å². The number of hydrogen-bond donors (Lipinski definition) is 2. The minimum absolute atomic E-state index is 0.110. The highest BCUT2D eigenvalue weighted by atomic mass is 31.1. The van der Waals surface area contributed by atoms with Crippen LogP contribution < -0.4 is 10.6 Å². The molecule has 0 spiro atoms. The Balaban J connectivity index is 2.05. The Bertz CT molecular complexity index is 954.